The maximum Gasteiger partial charge on any atom is 0.218 e. The molecule has 1 aliphatic rings. The van der Waals surface area contributed by atoms with E-state index >= 15 is 0 Å². The highest BCUT2D eigenvalue weighted by Gasteiger charge is 2.20. The highest BCUT2D eigenvalue weighted by atomic mass is 35.5. The van der Waals surface area contributed by atoms with Gasteiger partial charge in [-0.3, -0.25) is 4.99 Å². The summed E-state index contributed by atoms with van der Waals surface area (Å²) >= 11 is 0. The molecule has 0 aromatic heterocycles. The molecule has 0 heterocycles. The minimum atomic E-state index is -0.0398. The Hall–Kier alpha value is -0.970. The minimum absolute atomic E-state index is 0. The maximum absolute atomic E-state index is 5.35. The Morgan fingerprint density at radius 2 is 1.83 bits per heavy atom. The predicted octanol–water partition coefficient (Wildman–Crippen LogP) is -0.594. The Balaban J connectivity index is 0.00000121. The predicted molar refractivity (Wildman–Crippen MR) is 52.3 cm³/mol. The van der Waals surface area contributed by atoms with E-state index in [9.17, 15) is 0 Å². The van der Waals surface area contributed by atoms with E-state index in [1.165, 1.54) is 12.8 Å². The van der Waals surface area contributed by atoms with Crippen molar-refractivity contribution < 1.29 is 0 Å². The normalized spacial score (nSPS) is 16.5. The van der Waals surface area contributed by atoms with Crippen molar-refractivity contribution in [2.24, 2.45) is 33.1 Å². The SMILES string of the molecule is Cl.NC(N)=NC(N)=NCC1CC1. The third-order valence-corrected chi connectivity index (χ3v) is 1.45. The molecule has 0 saturated heterocycles. The molecule has 12 heavy (non-hydrogen) atoms. The number of guanidine groups is 2. The standard InChI is InChI=1S/C6H13N5.ClH/c7-5(8)11-6(9)10-3-4-1-2-4;/h4H,1-3H2,(H6,7,8,9,10,11);1H. The first kappa shape index (κ1) is 11.0. The lowest BCUT2D eigenvalue weighted by Crippen LogP contribution is -2.26. The number of nitrogens with zero attached hydrogens (tertiary/aromatic N) is 2. The second kappa shape index (κ2) is 4.82. The Kier molecular flexibility index (Phi) is 4.43. The van der Waals surface area contributed by atoms with Crippen LogP contribution in [0, 0.1) is 5.92 Å². The third kappa shape index (κ3) is 4.79. The summed E-state index contributed by atoms with van der Waals surface area (Å²) in [4.78, 5) is 7.55. The zero-order chi connectivity index (χ0) is 8.27. The first-order chi connectivity index (χ1) is 5.18. The van der Waals surface area contributed by atoms with Crippen LogP contribution in [0.2, 0.25) is 0 Å². The molecule has 5 nitrogen and oxygen atoms in total. The second-order valence-corrected chi connectivity index (χ2v) is 2.68. The van der Waals surface area contributed by atoms with Crippen molar-refractivity contribution in [1.82, 2.24) is 0 Å². The molecule has 0 aromatic carbocycles. The molecule has 70 valence electrons. The largest absolute Gasteiger partial charge is 0.370 e. The van der Waals surface area contributed by atoms with E-state index in [1.807, 2.05) is 0 Å². The van der Waals surface area contributed by atoms with Crippen molar-refractivity contribution in [3.8, 4) is 0 Å². The smallest absolute Gasteiger partial charge is 0.218 e. The van der Waals surface area contributed by atoms with E-state index in [2.05, 4.69) is 9.98 Å². The molecule has 0 amide bonds. The van der Waals surface area contributed by atoms with Gasteiger partial charge in [-0.15, -0.1) is 12.4 Å². The van der Waals surface area contributed by atoms with Gasteiger partial charge in [-0.2, -0.15) is 4.99 Å². The van der Waals surface area contributed by atoms with Crippen molar-refractivity contribution in [2.75, 3.05) is 6.54 Å². The fourth-order valence-corrected chi connectivity index (χ4v) is 0.691. The lowest BCUT2D eigenvalue weighted by Gasteiger charge is -1.92. The molecular weight excluding hydrogens is 178 g/mol. The Morgan fingerprint density at radius 1 is 1.25 bits per heavy atom. The Bertz CT molecular complexity index is 192. The van der Waals surface area contributed by atoms with Gasteiger partial charge in [0.2, 0.25) is 5.96 Å². The quantitative estimate of drug-likeness (QED) is 0.401. The lowest BCUT2D eigenvalue weighted by molar-refractivity contribution is 0.845. The molecule has 0 radical (unpaired) electrons. The molecule has 0 spiro atoms. The molecule has 0 aromatic rings. The number of halogens is 1. The average Bonchev–Trinajstić information content (AvgIpc) is 2.63. The van der Waals surface area contributed by atoms with Gasteiger partial charge in [0.05, 0.1) is 0 Å². The summed E-state index contributed by atoms with van der Waals surface area (Å²) in [6.07, 6.45) is 2.50. The average molecular weight is 192 g/mol. The van der Waals surface area contributed by atoms with Crippen LogP contribution in [-0.4, -0.2) is 18.5 Å². The summed E-state index contributed by atoms with van der Waals surface area (Å²) in [5.74, 6) is 0.849. The van der Waals surface area contributed by atoms with Crippen LogP contribution < -0.4 is 17.2 Å². The van der Waals surface area contributed by atoms with E-state index < -0.39 is 0 Å². The monoisotopic (exact) mass is 191 g/mol. The summed E-state index contributed by atoms with van der Waals surface area (Å²) < 4.78 is 0. The molecule has 1 saturated carbocycles. The maximum atomic E-state index is 5.35. The van der Waals surface area contributed by atoms with Gasteiger partial charge in [0.25, 0.3) is 0 Å². The molecule has 0 bridgehead atoms. The van der Waals surface area contributed by atoms with Crippen LogP contribution in [0.4, 0.5) is 0 Å². The van der Waals surface area contributed by atoms with Gasteiger partial charge in [-0.05, 0) is 18.8 Å². The van der Waals surface area contributed by atoms with Gasteiger partial charge in [0.15, 0.2) is 5.96 Å². The highest BCUT2D eigenvalue weighted by molar-refractivity contribution is 5.92. The summed E-state index contributed by atoms with van der Waals surface area (Å²) in [5, 5.41) is 0. The van der Waals surface area contributed by atoms with Crippen molar-refractivity contribution in [3.05, 3.63) is 0 Å². The van der Waals surface area contributed by atoms with Gasteiger partial charge in [-0.25, -0.2) is 0 Å². The Morgan fingerprint density at radius 3 is 2.25 bits per heavy atom. The van der Waals surface area contributed by atoms with Crippen molar-refractivity contribution in [2.45, 2.75) is 12.8 Å². The Labute approximate surface area is 77.5 Å². The number of aliphatic imine (C=N–C) groups is 2. The van der Waals surface area contributed by atoms with Gasteiger partial charge in [0.1, 0.15) is 0 Å². The molecule has 1 rings (SSSR count). The molecule has 1 aliphatic carbocycles. The zero-order valence-electron chi connectivity index (χ0n) is 6.73. The first-order valence-electron chi connectivity index (χ1n) is 3.58. The number of nitrogens with two attached hydrogens (primary N) is 3. The molecule has 0 unspecified atom stereocenters. The minimum Gasteiger partial charge on any atom is -0.370 e. The van der Waals surface area contributed by atoms with Crippen molar-refractivity contribution in [1.29, 1.82) is 0 Å². The van der Waals surface area contributed by atoms with E-state index in [0.717, 1.165) is 6.54 Å². The van der Waals surface area contributed by atoms with Gasteiger partial charge < -0.3 is 17.2 Å². The molecule has 6 N–H and O–H groups in total. The molecule has 6 heteroatoms. The van der Waals surface area contributed by atoms with Crippen LogP contribution in [-0.2, 0) is 0 Å². The molecule has 0 atom stereocenters. The van der Waals surface area contributed by atoms with Crippen LogP contribution in [0.3, 0.4) is 0 Å². The zero-order valence-corrected chi connectivity index (χ0v) is 7.55. The van der Waals surface area contributed by atoms with Gasteiger partial charge in [-0.1, -0.05) is 0 Å². The summed E-state index contributed by atoms with van der Waals surface area (Å²) in [7, 11) is 0. The third-order valence-electron chi connectivity index (χ3n) is 1.45. The topological polar surface area (TPSA) is 103 Å². The molecule has 0 aliphatic heterocycles. The first-order valence-corrected chi connectivity index (χ1v) is 3.58. The van der Waals surface area contributed by atoms with Crippen LogP contribution in [0.5, 0.6) is 0 Å². The highest BCUT2D eigenvalue weighted by Crippen LogP contribution is 2.28. The summed E-state index contributed by atoms with van der Waals surface area (Å²) in [6.45, 7) is 0.753. The van der Waals surface area contributed by atoms with Crippen LogP contribution in [0.25, 0.3) is 0 Å². The molecule has 1 fully saturated rings. The summed E-state index contributed by atoms with van der Waals surface area (Å²) in [5.41, 5.74) is 15.5. The van der Waals surface area contributed by atoms with Gasteiger partial charge in [0, 0.05) is 6.54 Å². The fourth-order valence-electron chi connectivity index (χ4n) is 0.691. The number of hydrogen-bond acceptors (Lipinski definition) is 1. The summed E-state index contributed by atoms with van der Waals surface area (Å²) in [6, 6.07) is 0. The van der Waals surface area contributed by atoms with E-state index in [1.54, 1.807) is 0 Å². The van der Waals surface area contributed by atoms with Crippen molar-refractivity contribution >= 4 is 24.3 Å². The van der Waals surface area contributed by atoms with Crippen LogP contribution in [0.1, 0.15) is 12.8 Å². The number of hydrogen-bond donors (Lipinski definition) is 3. The fraction of sp³-hybridized carbons (Fsp3) is 0.667. The lowest BCUT2D eigenvalue weighted by atomic mass is 10.4. The van der Waals surface area contributed by atoms with Gasteiger partial charge >= 0.3 is 0 Å². The van der Waals surface area contributed by atoms with E-state index in [-0.39, 0.29) is 24.3 Å². The van der Waals surface area contributed by atoms with Crippen molar-refractivity contribution in [3.63, 3.8) is 0 Å². The number of rotatable bonds is 2. The van der Waals surface area contributed by atoms with Crippen LogP contribution in [0.15, 0.2) is 9.98 Å². The molecular formula is C6H14ClN5. The van der Waals surface area contributed by atoms with Crippen LogP contribution >= 0.6 is 12.4 Å². The van der Waals surface area contributed by atoms with E-state index in [0.29, 0.717) is 5.92 Å². The van der Waals surface area contributed by atoms with E-state index in [4.69, 9.17) is 17.2 Å². The second-order valence-electron chi connectivity index (χ2n) is 2.68.